The minimum Gasteiger partial charge on any atom is -0.398 e. The molecule has 0 aliphatic heterocycles. The van der Waals surface area contributed by atoms with Crippen LogP contribution >= 0.6 is 11.6 Å². The van der Waals surface area contributed by atoms with Crippen LogP contribution in [-0.4, -0.2) is 11.9 Å². The Morgan fingerprint density at radius 1 is 1.39 bits per heavy atom. The van der Waals surface area contributed by atoms with Crippen molar-refractivity contribution in [2.45, 2.75) is 38.6 Å². The summed E-state index contributed by atoms with van der Waals surface area (Å²) in [5.41, 5.74) is 6.73. The van der Waals surface area contributed by atoms with Gasteiger partial charge in [-0.2, -0.15) is 0 Å². The molecule has 1 fully saturated rings. The Balaban J connectivity index is 2.04. The Kier molecular flexibility index (Phi) is 4.12. The van der Waals surface area contributed by atoms with Crippen molar-refractivity contribution in [2.24, 2.45) is 5.92 Å². The summed E-state index contributed by atoms with van der Waals surface area (Å²) in [7, 11) is 0. The van der Waals surface area contributed by atoms with E-state index in [0.29, 0.717) is 22.2 Å². The van der Waals surface area contributed by atoms with Gasteiger partial charge in [-0.1, -0.05) is 31.4 Å². The molecule has 0 saturated heterocycles. The van der Waals surface area contributed by atoms with Gasteiger partial charge in [-0.3, -0.25) is 4.79 Å². The SMILES string of the molecule is C[C@@H]1CCCC[C@@H]1NC(=O)c1ccc(Cl)c(N)c1. The molecule has 1 aliphatic carbocycles. The second-order valence-corrected chi connectivity index (χ2v) is 5.49. The average molecular weight is 267 g/mol. The lowest BCUT2D eigenvalue weighted by molar-refractivity contribution is 0.0910. The van der Waals surface area contributed by atoms with Gasteiger partial charge in [-0.15, -0.1) is 0 Å². The molecular formula is C14H19ClN2O. The Labute approximate surface area is 113 Å². The normalized spacial score (nSPS) is 23.7. The highest BCUT2D eigenvalue weighted by atomic mass is 35.5. The summed E-state index contributed by atoms with van der Waals surface area (Å²) in [5.74, 6) is 0.490. The minimum atomic E-state index is -0.0582. The summed E-state index contributed by atoms with van der Waals surface area (Å²) in [4.78, 5) is 12.1. The predicted octanol–water partition coefficient (Wildman–Crippen LogP) is 3.23. The van der Waals surface area contributed by atoms with Crippen molar-refractivity contribution in [3.05, 3.63) is 28.8 Å². The third-order valence-corrected chi connectivity index (χ3v) is 4.03. The fraction of sp³-hybridized carbons (Fsp3) is 0.500. The number of amides is 1. The van der Waals surface area contributed by atoms with Gasteiger partial charge in [0.2, 0.25) is 0 Å². The first-order chi connectivity index (χ1) is 8.58. The van der Waals surface area contributed by atoms with Crippen molar-refractivity contribution >= 4 is 23.2 Å². The minimum absolute atomic E-state index is 0.0582. The van der Waals surface area contributed by atoms with Gasteiger partial charge in [-0.05, 0) is 37.0 Å². The summed E-state index contributed by atoms with van der Waals surface area (Å²) in [6.07, 6.45) is 4.71. The van der Waals surface area contributed by atoms with Gasteiger partial charge in [0, 0.05) is 11.6 Å². The lowest BCUT2D eigenvalue weighted by atomic mass is 9.86. The van der Waals surface area contributed by atoms with E-state index in [1.54, 1.807) is 18.2 Å². The molecule has 1 saturated carbocycles. The van der Waals surface area contributed by atoms with Crippen LogP contribution in [0.25, 0.3) is 0 Å². The van der Waals surface area contributed by atoms with Crippen molar-refractivity contribution < 1.29 is 4.79 Å². The van der Waals surface area contributed by atoms with E-state index in [9.17, 15) is 4.79 Å². The lowest BCUT2D eigenvalue weighted by Crippen LogP contribution is -2.41. The van der Waals surface area contributed by atoms with Crippen LogP contribution in [0.4, 0.5) is 5.69 Å². The average Bonchev–Trinajstić information content (AvgIpc) is 2.35. The van der Waals surface area contributed by atoms with Crippen molar-refractivity contribution in [2.75, 3.05) is 5.73 Å². The molecule has 0 radical (unpaired) electrons. The zero-order valence-corrected chi connectivity index (χ0v) is 11.3. The first kappa shape index (κ1) is 13.2. The number of carbonyl (C=O) groups excluding carboxylic acids is 1. The van der Waals surface area contributed by atoms with Gasteiger partial charge in [0.25, 0.3) is 5.91 Å². The quantitative estimate of drug-likeness (QED) is 0.808. The van der Waals surface area contributed by atoms with Crippen molar-refractivity contribution in [3.63, 3.8) is 0 Å². The fourth-order valence-corrected chi connectivity index (χ4v) is 2.58. The Hall–Kier alpha value is -1.22. The van der Waals surface area contributed by atoms with Crippen LogP contribution < -0.4 is 11.1 Å². The van der Waals surface area contributed by atoms with Crippen LogP contribution in [0.15, 0.2) is 18.2 Å². The van der Waals surface area contributed by atoms with E-state index >= 15 is 0 Å². The fourth-order valence-electron chi connectivity index (χ4n) is 2.47. The number of rotatable bonds is 2. The molecule has 0 heterocycles. The maximum Gasteiger partial charge on any atom is 0.251 e. The summed E-state index contributed by atoms with van der Waals surface area (Å²) in [6.45, 7) is 2.19. The molecule has 0 spiro atoms. The second-order valence-electron chi connectivity index (χ2n) is 5.08. The van der Waals surface area contributed by atoms with Gasteiger partial charge in [0.05, 0.1) is 10.7 Å². The van der Waals surface area contributed by atoms with Crippen molar-refractivity contribution in [1.82, 2.24) is 5.32 Å². The lowest BCUT2D eigenvalue weighted by Gasteiger charge is -2.29. The van der Waals surface area contributed by atoms with Crippen LogP contribution in [0.5, 0.6) is 0 Å². The highest BCUT2D eigenvalue weighted by Crippen LogP contribution is 2.24. The number of hydrogen-bond acceptors (Lipinski definition) is 2. The van der Waals surface area contributed by atoms with E-state index in [2.05, 4.69) is 12.2 Å². The highest BCUT2D eigenvalue weighted by molar-refractivity contribution is 6.33. The summed E-state index contributed by atoms with van der Waals surface area (Å²) < 4.78 is 0. The van der Waals surface area contributed by atoms with E-state index in [1.165, 1.54) is 19.3 Å². The number of benzene rings is 1. The van der Waals surface area contributed by atoms with E-state index in [-0.39, 0.29) is 11.9 Å². The predicted molar refractivity (Wildman–Crippen MR) is 74.8 cm³/mol. The van der Waals surface area contributed by atoms with Crippen LogP contribution in [0, 0.1) is 5.92 Å². The molecule has 98 valence electrons. The molecule has 2 rings (SSSR count). The summed E-state index contributed by atoms with van der Waals surface area (Å²) in [6, 6.07) is 5.28. The molecule has 2 atom stereocenters. The van der Waals surface area contributed by atoms with Gasteiger partial charge in [-0.25, -0.2) is 0 Å². The van der Waals surface area contributed by atoms with E-state index in [4.69, 9.17) is 17.3 Å². The molecule has 3 nitrogen and oxygen atoms in total. The van der Waals surface area contributed by atoms with E-state index in [0.717, 1.165) is 6.42 Å². The third-order valence-electron chi connectivity index (χ3n) is 3.69. The number of nitrogens with two attached hydrogens (primary N) is 1. The van der Waals surface area contributed by atoms with Crippen LogP contribution in [0.1, 0.15) is 43.0 Å². The molecule has 1 aliphatic rings. The number of nitrogens with one attached hydrogen (secondary N) is 1. The molecule has 0 aromatic heterocycles. The van der Waals surface area contributed by atoms with Gasteiger partial charge >= 0.3 is 0 Å². The zero-order chi connectivity index (χ0) is 13.1. The first-order valence-electron chi connectivity index (χ1n) is 6.44. The highest BCUT2D eigenvalue weighted by Gasteiger charge is 2.23. The van der Waals surface area contributed by atoms with Crippen LogP contribution in [0.2, 0.25) is 5.02 Å². The monoisotopic (exact) mass is 266 g/mol. The number of halogens is 1. The second kappa shape index (κ2) is 5.61. The molecule has 0 bridgehead atoms. The topological polar surface area (TPSA) is 55.1 Å². The standard InChI is InChI=1S/C14H19ClN2O/c1-9-4-2-3-5-13(9)17-14(18)10-6-7-11(15)12(16)8-10/h6-9,13H,2-5,16H2,1H3,(H,17,18)/t9-,13+/m1/s1. The largest absolute Gasteiger partial charge is 0.398 e. The third kappa shape index (κ3) is 2.96. The zero-order valence-electron chi connectivity index (χ0n) is 10.6. The van der Waals surface area contributed by atoms with Crippen LogP contribution in [0.3, 0.4) is 0 Å². The maximum atomic E-state index is 12.1. The van der Waals surface area contributed by atoms with Gasteiger partial charge < -0.3 is 11.1 Å². The Bertz CT molecular complexity index is 447. The molecule has 0 unspecified atom stereocenters. The van der Waals surface area contributed by atoms with Crippen LogP contribution in [-0.2, 0) is 0 Å². The molecule has 3 N–H and O–H groups in total. The number of anilines is 1. The number of nitrogen functional groups attached to an aromatic ring is 1. The smallest absolute Gasteiger partial charge is 0.251 e. The molecular weight excluding hydrogens is 248 g/mol. The number of hydrogen-bond donors (Lipinski definition) is 2. The Morgan fingerprint density at radius 2 is 2.11 bits per heavy atom. The van der Waals surface area contributed by atoms with Gasteiger partial charge in [0.1, 0.15) is 0 Å². The van der Waals surface area contributed by atoms with E-state index < -0.39 is 0 Å². The Morgan fingerprint density at radius 3 is 2.78 bits per heavy atom. The van der Waals surface area contributed by atoms with E-state index in [1.807, 2.05) is 0 Å². The maximum absolute atomic E-state index is 12.1. The van der Waals surface area contributed by atoms with Gasteiger partial charge in [0.15, 0.2) is 0 Å². The molecule has 1 amide bonds. The van der Waals surface area contributed by atoms with Crippen molar-refractivity contribution in [3.8, 4) is 0 Å². The van der Waals surface area contributed by atoms with Crippen molar-refractivity contribution in [1.29, 1.82) is 0 Å². The number of carbonyl (C=O) groups is 1. The summed E-state index contributed by atoms with van der Waals surface area (Å²) in [5, 5.41) is 3.58. The molecule has 1 aromatic rings. The first-order valence-corrected chi connectivity index (χ1v) is 6.81. The summed E-state index contributed by atoms with van der Waals surface area (Å²) >= 11 is 5.84. The molecule has 1 aromatic carbocycles. The molecule has 4 heteroatoms. The molecule has 18 heavy (non-hydrogen) atoms.